The van der Waals surface area contributed by atoms with Crippen molar-refractivity contribution in [2.75, 3.05) is 0 Å². The Hall–Kier alpha value is -2.26. The monoisotopic (exact) mass is 375 g/mol. The lowest BCUT2D eigenvalue weighted by Crippen LogP contribution is -2.13. The maximum absolute atomic E-state index is 13.3. The number of hydrogen-bond acceptors (Lipinski definition) is 4. The van der Waals surface area contributed by atoms with Crippen LogP contribution in [-0.2, 0) is 22.7 Å². The van der Waals surface area contributed by atoms with Crippen molar-refractivity contribution >= 4 is 15.9 Å². The molecular formula is C16H11F4O4S-. The zero-order valence-electron chi connectivity index (χ0n) is 12.7. The first-order chi connectivity index (χ1) is 11.4. The van der Waals surface area contributed by atoms with Gasteiger partial charge >= 0.3 is 6.18 Å². The molecule has 0 radical (unpaired) electrons. The van der Waals surface area contributed by atoms with Gasteiger partial charge in [-0.25, -0.2) is 12.8 Å². The highest BCUT2D eigenvalue weighted by Crippen LogP contribution is 2.32. The van der Waals surface area contributed by atoms with Gasteiger partial charge in [0.15, 0.2) is 5.78 Å². The van der Waals surface area contributed by atoms with Gasteiger partial charge < -0.3 is 4.55 Å². The molecule has 2 aromatic rings. The summed E-state index contributed by atoms with van der Waals surface area (Å²) in [6.45, 7) is 1.59. The van der Waals surface area contributed by atoms with E-state index in [1.807, 2.05) is 0 Å². The molecule has 0 amide bonds. The van der Waals surface area contributed by atoms with Crippen molar-refractivity contribution in [1.82, 2.24) is 0 Å². The van der Waals surface area contributed by atoms with Crippen LogP contribution in [0.4, 0.5) is 17.6 Å². The van der Waals surface area contributed by atoms with Gasteiger partial charge in [-0.2, -0.15) is 13.2 Å². The van der Waals surface area contributed by atoms with Crippen LogP contribution < -0.4 is 0 Å². The van der Waals surface area contributed by atoms with Crippen LogP contribution in [0.5, 0.6) is 0 Å². The van der Waals surface area contributed by atoms with Crippen LogP contribution in [0.2, 0.25) is 0 Å². The Balaban J connectivity index is 2.44. The van der Waals surface area contributed by atoms with Gasteiger partial charge in [-0.3, -0.25) is 4.79 Å². The Morgan fingerprint density at radius 1 is 1.12 bits per heavy atom. The molecule has 2 rings (SSSR count). The molecule has 0 bridgehead atoms. The molecule has 0 aliphatic heterocycles. The van der Waals surface area contributed by atoms with Crippen molar-refractivity contribution in [3.05, 3.63) is 64.5 Å². The second kappa shape index (κ2) is 6.57. The number of hydrogen-bond donors (Lipinski definition) is 0. The number of halogens is 4. The fraction of sp³-hybridized carbons (Fsp3) is 0.188. The molecular weight excluding hydrogens is 364 g/mol. The Labute approximate surface area is 140 Å². The first-order valence-corrected chi connectivity index (χ1v) is 8.26. The molecule has 0 aliphatic carbocycles. The number of benzene rings is 2. The molecule has 0 atom stereocenters. The van der Waals surface area contributed by atoms with Crippen molar-refractivity contribution < 1.29 is 35.3 Å². The number of aryl methyl sites for hydroxylation is 1. The van der Waals surface area contributed by atoms with Gasteiger partial charge in [-0.15, -0.1) is 0 Å². The molecule has 25 heavy (non-hydrogen) atoms. The number of alkyl halides is 3. The molecule has 4 nitrogen and oxygen atoms in total. The summed E-state index contributed by atoms with van der Waals surface area (Å²) in [6, 6.07) is 5.42. The van der Waals surface area contributed by atoms with Gasteiger partial charge in [-0.1, -0.05) is 17.7 Å². The molecule has 0 unspecified atom stereocenters. The van der Waals surface area contributed by atoms with Crippen molar-refractivity contribution in [2.45, 2.75) is 24.4 Å². The molecule has 0 saturated carbocycles. The standard InChI is InChI=1S/C16H12F4O4S/c1-9-2-5-15(25(22,23)24)11(6-9)8-14(21)10-3-4-13(17)12(7-10)16(18,19)20/h2-7H,8H2,1H3,(H,22,23,24)/p-1. The molecule has 0 N–H and O–H groups in total. The second-order valence-corrected chi connectivity index (χ2v) is 6.71. The minimum atomic E-state index is -4.98. The van der Waals surface area contributed by atoms with Crippen LogP contribution in [0.3, 0.4) is 0 Å². The summed E-state index contributed by atoms with van der Waals surface area (Å²) in [5.41, 5.74) is -1.60. The second-order valence-electron chi connectivity index (χ2n) is 5.36. The van der Waals surface area contributed by atoms with E-state index in [9.17, 15) is 35.3 Å². The van der Waals surface area contributed by atoms with Crippen molar-refractivity contribution in [3.8, 4) is 0 Å². The molecule has 0 saturated heterocycles. The molecule has 0 aliphatic rings. The van der Waals surface area contributed by atoms with E-state index >= 15 is 0 Å². The fourth-order valence-electron chi connectivity index (χ4n) is 2.28. The predicted molar refractivity (Wildman–Crippen MR) is 78.6 cm³/mol. The van der Waals surface area contributed by atoms with E-state index in [2.05, 4.69) is 0 Å². The quantitative estimate of drug-likeness (QED) is 0.466. The Bertz CT molecular complexity index is 934. The molecule has 0 spiro atoms. The number of ketones is 1. The first kappa shape index (κ1) is 19.1. The summed E-state index contributed by atoms with van der Waals surface area (Å²) in [6.07, 6.45) is -5.59. The fourth-order valence-corrected chi connectivity index (χ4v) is 2.97. The summed E-state index contributed by atoms with van der Waals surface area (Å²) in [7, 11) is -4.86. The zero-order chi connectivity index (χ0) is 19.0. The first-order valence-electron chi connectivity index (χ1n) is 6.85. The third kappa shape index (κ3) is 4.43. The number of rotatable bonds is 4. The maximum Gasteiger partial charge on any atom is 0.419 e. The van der Waals surface area contributed by atoms with Gasteiger partial charge in [0.2, 0.25) is 0 Å². The molecule has 134 valence electrons. The van der Waals surface area contributed by atoms with E-state index in [1.165, 1.54) is 12.1 Å². The summed E-state index contributed by atoms with van der Waals surface area (Å²) < 4.78 is 85.2. The smallest absolute Gasteiger partial charge is 0.419 e. The Morgan fingerprint density at radius 3 is 2.32 bits per heavy atom. The van der Waals surface area contributed by atoms with E-state index in [1.54, 1.807) is 6.92 Å². The summed E-state index contributed by atoms with van der Waals surface area (Å²) >= 11 is 0. The molecule has 0 heterocycles. The lowest BCUT2D eigenvalue weighted by molar-refractivity contribution is -0.140. The third-order valence-electron chi connectivity index (χ3n) is 3.43. The maximum atomic E-state index is 13.3. The highest BCUT2D eigenvalue weighted by molar-refractivity contribution is 7.85. The lowest BCUT2D eigenvalue weighted by atomic mass is 9.99. The van der Waals surface area contributed by atoms with E-state index < -0.39 is 50.3 Å². The van der Waals surface area contributed by atoms with Crippen LogP contribution >= 0.6 is 0 Å². The normalized spacial score (nSPS) is 12.2. The van der Waals surface area contributed by atoms with Crippen molar-refractivity contribution in [2.24, 2.45) is 0 Å². The minimum Gasteiger partial charge on any atom is -0.744 e. The summed E-state index contributed by atoms with van der Waals surface area (Å²) in [5.74, 6) is -2.40. The van der Waals surface area contributed by atoms with E-state index in [0.717, 1.165) is 12.1 Å². The van der Waals surface area contributed by atoms with E-state index in [-0.39, 0.29) is 5.56 Å². The minimum absolute atomic E-state index is 0.127. The number of carbonyl (C=O) groups excluding carboxylic acids is 1. The highest BCUT2D eigenvalue weighted by Gasteiger charge is 2.34. The molecule has 0 fully saturated rings. The van der Waals surface area contributed by atoms with Crippen LogP contribution in [-0.4, -0.2) is 18.8 Å². The number of Topliss-reactive ketones (excluding diaryl/α,β-unsaturated/α-hetero) is 1. The van der Waals surface area contributed by atoms with Gasteiger partial charge in [0.1, 0.15) is 15.9 Å². The van der Waals surface area contributed by atoms with Gasteiger partial charge in [0.05, 0.1) is 10.5 Å². The molecule has 0 aromatic heterocycles. The van der Waals surface area contributed by atoms with Gasteiger partial charge in [0, 0.05) is 12.0 Å². The lowest BCUT2D eigenvalue weighted by Gasteiger charge is -2.14. The Morgan fingerprint density at radius 2 is 1.76 bits per heavy atom. The van der Waals surface area contributed by atoms with Crippen molar-refractivity contribution in [1.29, 1.82) is 0 Å². The summed E-state index contributed by atoms with van der Waals surface area (Å²) in [4.78, 5) is 11.6. The molecule has 2 aromatic carbocycles. The highest BCUT2D eigenvalue weighted by atomic mass is 32.2. The zero-order valence-corrected chi connectivity index (χ0v) is 13.5. The van der Waals surface area contributed by atoms with Crippen LogP contribution in [0, 0.1) is 12.7 Å². The van der Waals surface area contributed by atoms with E-state index in [4.69, 9.17) is 0 Å². The van der Waals surface area contributed by atoms with Gasteiger partial charge in [0.25, 0.3) is 0 Å². The Kier molecular flexibility index (Phi) is 5.01. The van der Waals surface area contributed by atoms with Crippen molar-refractivity contribution in [3.63, 3.8) is 0 Å². The third-order valence-corrected chi connectivity index (χ3v) is 4.37. The number of carbonyl (C=O) groups is 1. The summed E-state index contributed by atoms with van der Waals surface area (Å²) in [5, 5.41) is 0. The topological polar surface area (TPSA) is 74.3 Å². The largest absolute Gasteiger partial charge is 0.744 e. The average Bonchev–Trinajstić information content (AvgIpc) is 2.45. The van der Waals surface area contributed by atoms with Crippen LogP contribution in [0.25, 0.3) is 0 Å². The molecule has 9 heteroatoms. The van der Waals surface area contributed by atoms with Crippen LogP contribution in [0.1, 0.15) is 27.0 Å². The van der Waals surface area contributed by atoms with E-state index in [0.29, 0.717) is 17.7 Å². The average molecular weight is 375 g/mol. The SMILES string of the molecule is Cc1ccc(S(=O)(=O)[O-])c(CC(=O)c2ccc(F)c(C(F)(F)F)c2)c1. The van der Waals surface area contributed by atoms with Crippen LogP contribution in [0.15, 0.2) is 41.3 Å². The predicted octanol–water partition coefficient (Wildman–Crippen LogP) is 3.48. The van der Waals surface area contributed by atoms with Gasteiger partial charge in [-0.05, 0) is 36.8 Å².